The van der Waals surface area contributed by atoms with E-state index >= 15 is 0 Å². The third-order valence-corrected chi connectivity index (χ3v) is 4.16. The van der Waals surface area contributed by atoms with E-state index in [1.807, 2.05) is 0 Å². The van der Waals surface area contributed by atoms with Gasteiger partial charge in [-0.15, -0.1) is 0 Å². The number of rotatable bonds is 6. The highest BCUT2D eigenvalue weighted by Gasteiger charge is 2.27. The number of unbranched alkanes of at least 4 members (excludes halogenated alkanes) is 1. The van der Waals surface area contributed by atoms with E-state index in [0.29, 0.717) is 18.1 Å². The molecule has 1 aliphatic rings. The monoisotopic (exact) mass is 254 g/mol. The van der Waals surface area contributed by atoms with Gasteiger partial charge in [0.15, 0.2) is 0 Å². The Bertz CT molecular complexity index is 255. The molecular formula is C15H30N2O. The molecule has 0 bridgehead atoms. The highest BCUT2D eigenvalue weighted by molar-refractivity contribution is 5.78. The van der Waals surface area contributed by atoms with Gasteiger partial charge >= 0.3 is 0 Å². The lowest BCUT2D eigenvalue weighted by Gasteiger charge is -2.35. The second kappa shape index (κ2) is 7.78. The first-order valence-electron chi connectivity index (χ1n) is 7.64. The van der Waals surface area contributed by atoms with Gasteiger partial charge in [-0.05, 0) is 39.5 Å². The van der Waals surface area contributed by atoms with Crippen LogP contribution in [0, 0.1) is 5.92 Å². The zero-order chi connectivity index (χ0) is 13.5. The van der Waals surface area contributed by atoms with E-state index in [2.05, 4.69) is 38.3 Å². The summed E-state index contributed by atoms with van der Waals surface area (Å²) in [7, 11) is 0. The number of carbonyl (C=O) groups excluding carboxylic acids is 1. The maximum absolute atomic E-state index is 12.2. The average molecular weight is 254 g/mol. The summed E-state index contributed by atoms with van der Waals surface area (Å²) in [5.41, 5.74) is 0. The molecule has 0 radical (unpaired) electrons. The first-order chi connectivity index (χ1) is 8.58. The van der Waals surface area contributed by atoms with Crippen molar-refractivity contribution in [3.63, 3.8) is 0 Å². The predicted octanol–water partition coefficient (Wildman–Crippen LogP) is 2.85. The van der Waals surface area contributed by atoms with E-state index in [4.69, 9.17) is 0 Å². The Morgan fingerprint density at radius 3 is 2.61 bits per heavy atom. The minimum Gasteiger partial charge on any atom is -0.352 e. The first-order valence-corrected chi connectivity index (χ1v) is 7.64. The number of nitrogens with one attached hydrogen (secondary N) is 2. The Hall–Kier alpha value is -0.570. The van der Waals surface area contributed by atoms with Gasteiger partial charge in [-0.1, -0.05) is 26.7 Å². The van der Waals surface area contributed by atoms with E-state index in [-0.39, 0.29) is 11.8 Å². The van der Waals surface area contributed by atoms with E-state index in [1.165, 1.54) is 6.42 Å². The largest absolute Gasteiger partial charge is 0.352 e. The van der Waals surface area contributed by atoms with E-state index in [1.54, 1.807) is 0 Å². The third kappa shape index (κ3) is 4.60. The van der Waals surface area contributed by atoms with Crippen molar-refractivity contribution in [2.45, 2.75) is 84.3 Å². The molecule has 0 aromatic carbocycles. The maximum atomic E-state index is 12.2. The number of hydrogen-bond acceptors (Lipinski definition) is 2. The van der Waals surface area contributed by atoms with Crippen LogP contribution >= 0.6 is 0 Å². The standard InChI is InChI=1S/C15H30N2O/c1-5-7-8-13(6-2)15(18)17-14-10-9-11(3)16-12(14)4/h11-14,16H,5-10H2,1-4H3,(H,17,18). The SMILES string of the molecule is CCCCC(CC)C(=O)NC1CCC(C)NC1C. The molecule has 3 heteroatoms. The van der Waals surface area contributed by atoms with Crippen molar-refractivity contribution in [1.82, 2.24) is 10.6 Å². The molecule has 1 saturated heterocycles. The highest BCUT2D eigenvalue weighted by atomic mass is 16.1. The topological polar surface area (TPSA) is 41.1 Å². The third-order valence-electron chi connectivity index (χ3n) is 4.16. The molecule has 0 aromatic heterocycles. The van der Waals surface area contributed by atoms with Gasteiger partial charge in [0.2, 0.25) is 5.91 Å². The van der Waals surface area contributed by atoms with Crippen LogP contribution in [0.1, 0.15) is 66.2 Å². The van der Waals surface area contributed by atoms with Crippen molar-refractivity contribution >= 4 is 5.91 Å². The van der Waals surface area contributed by atoms with Crippen LogP contribution in [0.5, 0.6) is 0 Å². The zero-order valence-electron chi connectivity index (χ0n) is 12.5. The molecule has 1 aliphatic heterocycles. The summed E-state index contributed by atoms with van der Waals surface area (Å²) in [5.74, 6) is 0.468. The van der Waals surface area contributed by atoms with Crippen LogP contribution in [-0.2, 0) is 4.79 Å². The van der Waals surface area contributed by atoms with Gasteiger partial charge in [-0.2, -0.15) is 0 Å². The molecule has 0 spiro atoms. The Kier molecular flexibility index (Phi) is 6.69. The van der Waals surface area contributed by atoms with E-state index in [9.17, 15) is 4.79 Å². The molecular weight excluding hydrogens is 224 g/mol. The molecule has 106 valence electrons. The Morgan fingerprint density at radius 1 is 1.33 bits per heavy atom. The molecule has 0 saturated carbocycles. The van der Waals surface area contributed by atoms with Crippen LogP contribution < -0.4 is 10.6 Å². The van der Waals surface area contributed by atoms with Gasteiger partial charge in [0.1, 0.15) is 0 Å². The number of carbonyl (C=O) groups is 1. The van der Waals surface area contributed by atoms with Crippen LogP contribution in [0.15, 0.2) is 0 Å². The van der Waals surface area contributed by atoms with Crippen LogP contribution in [0.4, 0.5) is 0 Å². The van der Waals surface area contributed by atoms with Crippen molar-refractivity contribution in [2.75, 3.05) is 0 Å². The van der Waals surface area contributed by atoms with Gasteiger partial charge in [-0.25, -0.2) is 0 Å². The normalized spacial score (nSPS) is 29.9. The Labute approximate surface area is 112 Å². The quantitative estimate of drug-likeness (QED) is 0.765. The summed E-state index contributed by atoms with van der Waals surface area (Å²) in [6.07, 6.45) is 6.57. The molecule has 3 nitrogen and oxygen atoms in total. The van der Waals surface area contributed by atoms with Gasteiger partial charge in [0.25, 0.3) is 0 Å². The summed E-state index contributed by atoms with van der Waals surface area (Å²) >= 11 is 0. The minimum absolute atomic E-state index is 0.205. The predicted molar refractivity (Wildman–Crippen MR) is 76.5 cm³/mol. The molecule has 2 N–H and O–H groups in total. The average Bonchev–Trinajstić information content (AvgIpc) is 2.34. The second-order valence-electron chi connectivity index (χ2n) is 5.80. The molecule has 4 unspecified atom stereocenters. The number of hydrogen-bond donors (Lipinski definition) is 2. The van der Waals surface area contributed by atoms with E-state index < -0.39 is 0 Å². The molecule has 0 aliphatic carbocycles. The lowest BCUT2D eigenvalue weighted by molar-refractivity contribution is -0.126. The van der Waals surface area contributed by atoms with Crippen LogP contribution in [0.25, 0.3) is 0 Å². The lowest BCUT2D eigenvalue weighted by atomic mass is 9.93. The van der Waals surface area contributed by atoms with Gasteiger partial charge in [-0.3, -0.25) is 4.79 Å². The summed E-state index contributed by atoms with van der Waals surface area (Å²) in [5, 5.41) is 6.77. The first kappa shape index (κ1) is 15.5. The number of piperidine rings is 1. The zero-order valence-corrected chi connectivity index (χ0v) is 12.5. The molecule has 18 heavy (non-hydrogen) atoms. The van der Waals surface area contributed by atoms with Gasteiger partial charge in [0, 0.05) is 24.0 Å². The molecule has 0 aromatic rings. The fourth-order valence-corrected chi connectivity index (χ4v) is 2.80. The maximum Gasteiger partial charge on any atom is 0.223 e. The summed E-state index contributed by atoms with van der Waals surface area (Å²) < 4.78 is 0. The van der Waals surface area contributed by atoms with E-state index in [0.717, 1.165) is 32.1 Å². The second-order valence-corrected chi connectivity index (χ2v) is 5.80. The lowest BCUT2D eigenvalue weighted by Crippen LogP contribution is -2.55. The summed E-state index contributed by atoms with van der Waals surface area (Å²) in [4.78, 5) is 12.2. The van der Waals surface area contributed by atoms with Crippen molar-refractivity contribution in [3.05, 3.63) is 0 Å². The molecule has 1 heterocycles. The molecule has 1 fully saturated rings. The Morgan fingerprint density at radius 2 is 2.06 bits per heavy atom. The highest BCUT2D eigenvalue weighted by Crippen LogP contribution is 2.17. The fraction of sp³-hybridized carbons (Fsp3) is 0.933. The molecule has 4 atom stereocenters. The molecule has 1 amide bonds. The number of amides is 1. The van der Waals surface area contributed by atoms with Gasteiger partial charge < -0.3 is 10.6 Å². The van der Waals surface area contributed by atoms with Crippen molar-refractivity contribution in [3.8, 4) is 0 Å². The minimum atomic E-state index is 0.205. The van der Waals surface area contributed by atoms with Crippen LogP contribution in [0.2, 0.25) is 0 Å². The molecule has 1 rings (SSSR count). The summed E-state index contributed by atoms with van der Waals surface area (Å²) in [6.45, 7) is 8.68. The van der Waals surface area contributed by atoms with Gasteiger partial charge in [0.05, 0.1) is 0 Å². The van der Waals surface area contributed by atoms with Crippen LogP contribution in [-0.4, -0.2) is 24.0 Å². The smallest absolute Gasteiger partial charge is 0.223 e. The van der Waals surface area contributed by atoms with Crippen LogP contribution in [0.3, 0.4) is 0 Å². The van der Waals surface area contributed by atoms with Crippen molar-refractivity contribution in [1.29, 1.82) is 0 Å². The van der Waals surface area contributed by atoms with Crippen molar-refractivity contribution < 1.29 is 4.79 Å². The fourth-order valence-electron chi connectivity index (χ4n) is 2.80. The van der Waals surface area contributed by atoms with Crippen molar-refractivity contribution in [2.24, 2.45) is 5.92 Å². The summed E-state index contributed by atoms with van der Waals surface area (Å²) in [6, 6.07) is 1.28. The Balaban J connectivity index is 2.42.